The molecular weight excluding hydrogens is 313 g/mol. The highest BCUT2D eigenvalue weighted by molar-refractivity contribution is 5.85. The molecule has 0 unspecified atom stereocenters. The maximum atomic E-state index is 13.2. The lowest BCUT2D eigenvalue weighted by Crippen LogP contribution is -2.28. The summed E-state index contributed by atoms with van der Waals surface area (Å²) in [5.74, 6) is -3.78. The lowest BCUT2D eigenvalue weighted by Gasteiger charge is -2.22. The minimum absolute atomic E-state index is 0. The van der Waals surface area contributed by atoms with Crippen LogP contribution in [0.3, 0.4) is 0 Å². The number of nitrogens with two attached hydrogens (primary N) is 1. The van der Waals surface area contributed by atoms with Crippen LogP contribution in [-0.2, 0) is 13.1 Å². The number of rotatable bonds is 6. The highest BCUT2D eigenvalue weighted by Gasteiger charge is 2.13. The van der Waals surface area contributed by atoms with E-state index in [1.807, 2.05) is 35.2 Å². The van der Waals surface area contributed by atoms with Crippen molar-refractivity contribution in [2.75, 3.05) is 13.1 Å². The van der Waals surface area contributed by atoms with Crippen LogP contribution in [0.5, 0.6) is 0 Å². The maximum absolute atomic E-state index is 13.2. The molecule has 6 heteroatoms. The van der Waals surface area contributed by atoms with Crippen molar-refractivity contribution >= 4 is 12.4 Å². The van der Waals surface area contributed by atoms with Gasteiger partial charge < -0.3 is 5.73 Å². The monoisotopic (exact) mass is 330 g/mol. The van der Waals surface area contributed by atoms with E-state index in [0.29, 0.717) is 31.7 Å². The van der Waals surface area contributed by atoms with Crippen LogP contribution in [-0.4, -0.2) is 18.0 Å². The predicted octanol–water partition coefficient (Wildman–Crippen LogP) is 3.49. The highest BCUT2D eigenvalue weighted by Crippen LogP contribution is 2.16. The molecule has 0 aliphatic rings. The topological polar surface area (TPSA) is 29.3 Å². The molecule has 0 amide bonds. The Hall–Kier alpha value is -1.56. The van der Waals surface area contributed by atoms with Gasteiger partial charge in [0, 0.05) is 26.2 Å². The van der Waals surface area contributed by atoms with Crippen LogP contribution >= 0.6 is 12.4 Å². The molecule has 0 spiro atoms. The molecular formula is C16H18ClF3N2. The lowest BCUT2D eigenvalue weighted by atomic mass is 10.1. The van der Waals surface area contributed by atoms with Crippen molar-refractivity contribution in [3.63, 3.8) is 0 Å². The predicted molar refractivity (Wildman–Crippen MR) is 83.2 cm³/mol. The zero-order valence-corrected chi connectivity index (χ0v) is 12.8. The van der Waals surface area contributed by atoms with E-state index in [9.17, 15) is 13.2 Å². The van der Waals surface area contributed by atoms with Crippen molar-refractivity contribution < 1.29 is 13.2 Å². The molecule has 2 nitrogen and oxygen atoms in total. The molecule has 0 aliphatic heterocycles. The number of hydrogen-bond acceptors (Lipinski definition) is 2. The Morgan fingerprint density at radius 3 is 1.95 bits per heavy atom. The van der Waals surface area contributed by atoms with Gasteiger partial charge in [0.1, 0.15) is 0 Å². The van der Waals surface area contributed by atoms with Gasteiger partial charge in [-0.2, -0.15) is 0 Å². The van der Waals surface area contributed by atoms with E-state index < -0.39 is 17.5 Å². The average molecular weight is 331 g/mol. The fourth-order valence-corrected chi connectivity index (χ4v) is 2.20. The molecule has 120 valence electrons. The quantitative estimate of drug-likeness (QED) is 0.822. The summed E-state index contributed by atoms with van der Waals surface area (Å²) in [5, 5.41) is 0. The Bertz CT molecular complexity index is 570. The second-order valence-corrected chi connectivity index (χ2v) is 4.86. The first kappa shape index (κ1) is 18.5. The van der Waals surface area contributed by atoms with E-state index in [4.69, 9.17) is 5.73 Å². The fourth-order valence-electron chi connectivity index (χ4n) is 2.20. The number of halogens is 4. The van der Waals surface area contributed by atoms with E-state index in [-0.39, 0.29) is 12.4 Å². The summed E-state index contributed by atoms with van der Waals surface area (Å²) < 4.78 is 39.4. The van der Waals surface area contributed by atoms with E-state index >= 15 is 0 Å². The SMILES string of the molecule is Cl.NCCN(Cc1ccccc1)Cc1cc(F)c(F)c(F)c1. The fraction of sp³-hybridized carbons (Fsp3) is 0.250. The van der Waals surface area contributed by atoms with Crippen LogP contribution in [0.25, 0.3) is 0 Å². The Labute approximate surface area is 134 Å². The molecule has 0 radical (unpaired) electrons. The number of benzene rings is 2. The zero-order chi connectivity index (χ0) is 15.2. The molecule has 0 fully saturated rings. The van der Waals surface area contributed by atoms with E-state index in [1.54, 1.807) is 0 Å². The van der Waals surface area contributed by atoms with Gasteiger partial charge in [-0.3, -0.25) is 4.90 Å². The van der Waals surface area contributed by atoms with Gasteiger partial charge in [-0.15, -0.1) is 12.4 Å². The Morgan fingerprint density at radius 2 is 1.41 bits per heavy atom. The van der Waals surface area contributed by atoms with E-state index in [0.717, 1.165) is 17.7 Å². The van der Waals surface area contributed by atoms with Crippen molar-refractivity contribution in [2.45, 2.75) is 13.1 Å². The minimum atomic E-state index is -1.44. The van der Waals surface area contributed by atoms with Crippen LogP contribution in [0.2, 0.25) is 0 Å². The normalized spacial score (nSPS) is 10.6. The Balaban J connectivity index is 0.00000242. The molecule has 2 aromatic carbocycles. The van der Waals surface area contributed by atoms with Crippen LogP contribution in [0.4, 0.5) is 13.2 Å². The molecule has 0 atom stereocenters. The van der Waals surface area contributed by atoms with Gasteiger partial charge in [-0.25, -0.2) is 13.2 Å². The first-order chi connectivity index (χ1) is 10.1. The van der Waals surface area contributed by atoms with Crippen LogP contribution in [0.15, 0.2) is 42.5 Å². The summed E-state index contributed by atoms with van der Waals surface area (Å²) in [6.45, 7) is 1.92. The smallest absolute Gasteiger partial charge is 0.194 e. The molecule has 0 aromatic heterocycles. The Kier molecular flexibility index (Phi) is 7.38. The van der Waals surface area contributed by atoms with E-state index in [1.165, 1.54) is 0 Å². The molecule has 0 aliphatic carbocycles. The minimum Gasteiger partial charge on any atom is -0.329 e. The second kappa shape index (κ2) is 8.78. The van der Waals surface area contributed by atoms with Crippen molar-refractivity contribution in [2.24, 2.45) is 5.73 Å². The summed E-state index contributed by atoms with van der Waals surface area (Å²) in [7, 11) is 0. The molecule has 0 bridgehead atoms. The maximum Gasteiger partial charge on any atom is 0.194 e. The van der Waals surface area contributed by atoms with Gasteiger partial charge in [0.2, 0.25) is 0 Å². The molecule has 0 heterocycles. The second-order valence-electron chi connectivity index (χ2n) is 4.86. The van der Waals surface area contributed by atoms with Crippen LogP contribution in [0, 0.1) is 17.5 Å². The molecule has 0 saturated heterocycles. The lowest BCUT2D eigenvalue weighted by molar-refractivity contribution is 0.263. The Morgan fingerprint density at radius 1 is 0.864 bits per heavy atom. The molecule has 0 saturated carbocycles. The van der Waals surface area contributed by atoms with Crippen molar-refractivity contribution in [1.82, 2.24) is 4.90 Å². The molecule has 2 N–H and O–H groups in total. The van der Waals surface area contributed by atoms with E-state index in [2.05, 4.69) is 0 Å². The first-order valence-corrected chi connectivity index (χ1v) is 6.70. The van der Waals surface area contributed by atoms with Crippen molar-refractivity contribution in [1.29, 1.82) is 0 Å². The summed E-state index contributed by atoms with van der Waals surface area (Å²) in [5.41, 5.74) is 7.03. The summed E-state index contributed by atoms with van der Waals surface area (Å²) in [6.07, 6.45) is 0. The van der Waals surface area contributed by atoms with Crippen LogP contribution in [0.1, 0.15) is 11.1 Å². The molecule has 2 aromatic rings. The van der Waals surface area contributed by atoms with Gasteiger partial charge in [0.25, 0.3) is 0 Å². The third kappa shape index (κ3) is 5.02. The third-order valence-electron chi connectivity index (χ3n) is 3.14. The summed E-state index contributed by atoms with van der Waals surface area (Å²) in [4.78, 5) is 1.96. The van der Waals surface area contributed by atoms with Gasteiger partial charge in [-0.1, -0.05) is 30.3 Å². The zero-order valence-electron chi connectivity index (χ0n) is 11.9. The molecule has 2 rings (SSSR count). The first-order valence-electron chi connectivity index (χ1n) is 6.70. The third-order valence-corrected chi connectivity index (χ3v) is 3.14. The van der Waals surface area contributed by atoms with Crippen LogP contribution < -0.4 is 5.73 Å². The van der Waals surface area contributed by atoms with Gasteiger partial charge in [0.15, 0.2) is 17.5 Å². The molecule has 22 heavy (non-hydrogen) atoms. The standard InChI is InChI=1S/C16H17F3N2.ClH/c17-14-8-13(9-15(18)16(14)19)11-21(7-6-20)10-12-4-2-1-3-5-12;/h1-5,8-9H,6-7,10-11,20H2;1H. The number of nitrogens with zero attached hydrogens (tertiary/aromatic N) is 1. The average Bonchev–Trinajstić information content (AvgIpc) is 2.46. The summed E-state index contributed by atoms with van der Waals surface area (Å²) in [6, 6.07) is 11.7. The van der Waals surface area contributed by atoms with Gasteiger partial charge in [-0.05, 0) is 23.3 Å². The van der Waals surface area contributed by atoms with Crippen molar-refractivity contribution in [3.8, 4) is 0 Å². The van der Waals surface area contributed by atoms with Gasteiger partial charge in [0.05, 0.1) is 0 Å². The summed E-state index contributed by atoms with van der Waals surface area (Å²) >= 11 is 0. The van der Waals surface area contributed by atoms with Crippen molar-refractivity contribution in [3.05, 3.63) is 71.0 Å². The van der Waals surface area contributed by atoms with Gasteiger partial charge >= 0.3 is 0 Å². The largest absolute Gasteiger partial charge is 0.329 e. The number of hydrogen-bond donors (Lipinski definition) is 1. The highest BCUT2D eigenvalue weighted by atomic mass is 35.5.